The molecule has 0 aliphatic rings. The summed E-state index contributed by atoms with van der Waals surface area (Å²) < 4.78 is 26.7. The highest BCUT2D eigenvalue weighted by Crippen LogP contribution is 2.27. The van der Waals surface area contributed by atoms with Gasteiger partial charge in [0.25, 0.3) is 0 Å². The standard InChI is InChI=1S/C20H19BrClN3O3S/c1-24(29(2,27)28)19(26)12-5-15-13-25(18-10-6-16(21)7-11-18)23-20(15)14-3-8-17(22)9-4-14/h3-4,6-11,13H,5,12H2,1-2H3. The number of sulfonamides is 1. The average Bonchev–Trinajstić information content (AvgIpc) is 3.10. The molecular formula is C20H19BrClN3O3S. The van der Waals surface area contributed by atoms with E-state index in [0.29, 0.717) is 11.4 Å². The van der Waals surface area contributed by atoms with Gasteiger partial charge in [-0.1, -0.05) is 39.7 Å². The van der Waals surface area contributed by atoms with Gasteiger partial charge in [0.15, 0.2) is 0 Å². The van der Waals surface area contributed by atoms with Crippen LogP contribution in [0.5, 0.6) is 0 Å². The Labute approximate surface area is 183 Å². The monoisotopic (exact) mass is 495 g/mol. The van der Waals surface area contributed by atoms with E-state index in [0.717, 1.165) is 37.5 Å². The highest BCUT2D eigenvalue weighted by Gasteiger charge is 2.20. The van der Waals surface area contributed by atoms with Crippen LogP contribution in [0.4, 0.5) is 0 Å². The molecule has 0 fully saturated rings. The van der Waals surface area contributed by atoms with E-state index in [9.17, 15) is 13.2 Å². The van der Waals surface area contributed by atoms with Crippen LogP contribution in [0.3, 0.4) is 0 Å². The normalized spacial score (nSPS) is 11.4. The van der Waals surface area contributed by atoms with E-state index >= 15 is 0 Å². The molecule has 1 amide bonds. The Kier molecular flexibility index (Phi) is 6.45. The summed E-state index contributed by atoms with van der Waals surface area (Å²) >= 11 is 9.42. The van der Waals surface area contributed by atoms with Gasteiger partial charge in [-0.25, -0.2) is 17.4 Å². The van der Waals surface area contributed by atoms with Crippen LogP contribution in [-0.2, 0) is 21.2 Å². The molecule has 3 aromatic rings. The molecule has 0 N–H and O–H groups in total. The highest BCUT2D eigenvalue weighted by molar-refractivity contribution is 9.10. The number of amides is 1. The Morgan fingerprint density at radius 1 is 1.14 bits per heavy atom. The zero-order valence-electron chi connectivity index (χ0n) is 15.8. The second-order valence-corrected chi connectivity index (χ2v) is 9.92. The molecule has 3 rings (SSSR count). The van der Waals surface area contributed by atoms with Crippen LogP contribution in [-0.4, -0.2) is 41.7 Å². The fourth-order valence-corrected chi connectivity index (χ4v) is 3.61. The zero-order chi connectivity index (χ0) is 21.2. The fraction of sp³-hybridized carbons (Fsp3) is 0.200. The lowest BCUT2D eigenvalue weighted by atomic mass is 10.0. The van der Waals surface area contributed by atoms with Crippen LogP contribution in [0.15, 0.2) is 59.2 Å². The molecule has 9 heteroatoms. The first kappa shape index (κ1) is 21.5. The van der Waals surface area contributed by atoms with Crippen molar-refractivity contribution < 1.29 is 13.2 Å². The molecule has 0 aliphatic heterocycles. The molecule has 1 aromatic heterocycles. The van der Waals surface area contributed by atoms with Gasteiger partial charge in [-0.15, -0.1) is 0 Å². The van der Waals surface area contributed by atoms with E-state index in [1.54, 1.807) is 16.8 Å². The molecule has 0 bridgehead atoms. The molecule has 6 nitrogen and oxygen atoms in total. The van der Waals surface area contributed by atoms with Crippen molar-refractivity contribution in [1.29, 1.82) is 0 Å². The van der Waals surface area contributed by atoms with E-state index in [1.165, 1.54) is 7.05 Å². The third kappa shape index (κ3) is 5.26. The van der Waals surface area contributed by atoms with Crippen molar-refractivity contribution in [2.45, 2.75) is 12.8 Å². The summed E-state index contributed by atoms with van der Waals surface area (Å²) in [6.45, 7) is 0. The average molecular weight is 497 g/mol. The first-order valence-electron chi connectivity index (χ1n) is 8.72. The third-order valence-electron chi connectivity index (χ3n) is 4.46. The van der Waals surface area contributed by atoms with Gasteiger partial charge in [-0.05, 0) is 48.4 Å². The Bertz CT molecular complexity index is 1130. The molecule has 2 aromatic carbocycles. The number of carbonyl (C=O) groups excluding carboxylic acids is 1. The predicted molar refractivity (Wildman–Crippen MR) is 118 cm³/mol. The number of halogens is 2. The van der Waals surface area contributed by atoms with Gasteiger partial charge in [-0.3, -0.25) is 4.79 Å². The van der Waals surface area contributed by atoms with Crippen molar-refractivity contribution in [3.8, 4) is 16.9 Å². The molecule has 29 heavy (non-hydrogen) atoms. The summed E-state index contributed by atoms with van der Waals surface area (Å²) in [4.78, 5) is 12.3. The van der Waals surface area contributed by atoms with Crippen molar-refractivity contribution in [2.24, 2.45) is 0 Å². The van der Waals surface area contributed by atoms with Gasteiger partial charge in [0.2, 0.25) is 15.9 Å². The van der Waals surface area contributed by atoms with Crippen LogP contribution < -0.4 is 0 Å². The van der Waals surface area contributed by atoms with Gasteiger partial charge >= 0.3 is 0 Å². The number of carbonyl (C=O) groups is 1. The summed E-state index contributed by atoms with van der Waals surface area (Å²) in [7, 11) is -2.30. The van der Waals surface area contributed by atoms with E-state index in [2.05, 4.69) is 15.9 Å². The molecule has 0 spiro atoms. The van der Waals surface area contributed by atoms with Crippen LogP contribution in [0.25, 0.3) is 16.9 Å². The Hall–Kier alpha value is -2.16. The molecular weight excluding hydrogens is 478 g/mol. The van der Waals surface area contributed by atoms with E-state index < -0.39 is 15.9 Å². The van der Waals surface area contributed by atoms with Crippen molar-refractivity contribution in [1.82, 2.24) is 14.1 Å². The van der Waals surface area contributed by atoms with Crippen molar-refractivity contribution in [3.05, 3.63) is 69.8 Å². The van der Waals surface area contributed by atoms with Gasteiger partial charge in [0, 0.05) is 34.7 Å². The predicted octanol–water partition coefficient (Wildman–Crippen LogP) is 4.31. The molecule has 0 atom stereocenters. The Balaban J connectivity index is 1.94. The van der Waals surface area contributed by atoms with E-state index in [-0.39, 0.29) is 6.42 Å². The second kappa shape index (κ2) is 8.69. The topological polar surface area (TPSA) is 72.3 Å². The first-order valence-corrected chi connectivity index (χ1v) is 11.7. The summed E-state index contributed by atoms with van der Waals surface area (Å²) in [5.74, 6) is -0.467. The minimum absolute atomic E-state index is 0.0518. The zero-order valence-corrected chi connectivity index (χ0v) is 19.0. The lowest BCUT2D eigenvalue weighted by molar-refractivity contribution is -0.125. The molecule has 0 saturated carbocycles. The second-order valence-electron chi connectivity index (χ2n) is 6.56. The smallest absolute Gasteiger partial charge is 0.236 e. The molecule has 0 unspecified atom stereocenters. The molecule has 0 radical (unpaired) electrons. The van der Waals surface area contributed by atoms with Crippen molar-refractivity contribution >= 4 is 43.5 Å². The molecule has 1 heterocycles. The van der Waals surface area contributed by atoms with Crippen LogP contribution in [0.2, 0.25) is 5.02 Å². The maximum absolute atomic E-state index is 12.3. The van der Waals surface area contributed by atoms with E-state index in [4.69, 9.17) is 16.7 Å². The number of nitrogens with zero attached hydrogens (tertiary/aromatic N) is 3. The number of aryl methyl sites for hydroxylation is 1. The largest absolute Gasteiger partial charge is 0.274 e. The van der Waals surface area contributed by atoms with Crippen LogP contribution in [0, 0.1) is 0 Å². The SMILES string of the molecule is CN(C(=O)CCc1cn(-c2ccc(Br)cc2)nc1-c1ccc(Cl)cc1)S(C)(=O)=O. The van der Waals surface area contributed by atoms with E-state index in [1.807, 2.05) is 42.6 Å². The number of aromatic nitrogens is 2. The summed E-state index contributed by atoms with van der Waals surface area (Å²) in [6.07, 6.45) is 3.28. The van der Waals surface area contributed by atoms with Crippen molar-refractivity contribution in [3.63, 3.8) is 0 Å². The quantitative estimate of drug-likeness (QED) is 0.510. The minimum Gasteiger partial charge on any atom is -0.274 e. The highest BCUT2D eigenvalue weighted by atomic mass is 79.9. The third-order valence-corrected chi connectivity index (χ3v) is 6.43. The summed E-state index contributed by atoms with van der Waals surface area (Å²) in [5.41, 5.74) is 3.29. The minimum atomic E-state index is -3.57. The number of hydrogen-bond acceptors (Lipinski definition) is 4. The van der Waals surface area contributed by atoms with Gasteiger partial charge in [0.05, 0.1) is 17.6 Å². The summed E-state index contributed by atoms with van der Waals surface area (Å²) in [6, 6.07) is 15.0. The summed E-state index contributed by atoms with van der Waals surface area (Å²) in [5, 5.41) is 5.31. The fourth-order valence-electron chi connectivity index (χ4n) is 2.75. The van der Waals surface area contributed by atoms with Crippen LogP contribution in [0.1, 0.15) is 12.0 Å². The maximum atomic E-state index is 12.3. The Morgan fingerprint density at radius 2 is 1.76 bits per heavy atom. The maximum Gasteiger partial charge on any atom is 0.236 e. The number of hydrogen-bond donors (Lipinski definition) is 0. The lowest BCUT2D eigenvalue weighted by Gasteiger charge is -2.14. The Morgan fingerprint density at radius 3 is 2.34 bits per heavy atom. The van der Waals surface area contributed by atoms with Gasteiger partial charge in [0.1, 0.15) is 0 Å². The van der Waals surface area contributed by atoms with Crippen LogP contribution >= 0.6 is 27.5 Å². The molecule has 0 aliphatic carbocycles. The lowest BCUT2D eigenvalue weighted by Crippen LogP contribution is -2.32. The first-order chi connectivity index (χ1) is 13.6. The van der Waals surface area contributed by atoms with Gasteiger partial charge < -0.3 is 0 Å². The van der Waals surface area contributed by atoms with Gasteiger partial charge in [-0.2, -0.15) is 5.10 Å². The number of rotatable bonds is 6. The molecule has 0 saturated heterocycles. The van der Waals surface area contributed by atoms with Crippen molar-refractivity contribution in [2.75, 3.05) is 13.3 Å². The molecule has 152 valence electrons. The number of benzene rings is 2.